The van der Waals surface area contributed by atoms with E-state index in [0.29, 0.717) is 17.1 Å². The van der Waals surface area contributed by atoms with Crippen molar-refractivity contribution < 1.29 is 4.79 Å². The van der Waals surface area contributed by atoms with E-state index >= 15 is 0 Å². The summed E-state index contributed by atoms with van der Waals surface area (Å²) in [7, 11) is 0. The number of carbonyl (C=O) groups is 1. The molecule has 0 spiro atoms. The first-order valence-corrected chi connectivity index (χ1v) is 7.60. The molecule has 7 nitrogen and oxygen atoms in total. The van der Waals surface area contributed by atoms with Gasteiger partial charge in [-0.2, -0.15) is 5.10 Å². The minimum Gasteiger partial charge on any atom is -0.345 e. The standard InChI is InChI=1S/C17H18N6O/c1-11(22-17(24)16-8-19-13(3)21-12(16)2)14-4-6-15(7-5-14)23-10-18-9-20-23/h4-11H,1-3H3,(H,22,24)/t11-/m0/s1. The molecule has 0 aliphatic carbocycles. The Bertz CT molecular complexity index is 842. The van der Waals surface area contributed by atoms with Gasteiger partial charge < -0.3 is 5.32 Å². The fraction of sp³-hybridized carbons (Fsp3) is 0.235. The molecule has 0 saturated heterocycles. The first-order valence-electron chi connectivity index (χ1n) is 7.60. The Morgan fingerprint density at radius 1 is 1.21 bits per heavy atom. The van der Waals surface area contributed by atoms with Gasteiger partial charge in [-0.05, 0) is 38.5 Å². The zero-order valence-corrected chi connectivity index (χ0v) is 13.8. The maximum absolute atomic E-state index is 12.4. The molecular formula is C17H18N6O. The Hall–Kier alpha value is -3.09. The van der Waals surface area contributed by atoms with Crippen LogP contribution in [0.3, 0.4) is 0 Å². The van der Waals surface area contributed by atoms with Crippen molar-refractivity contribution in [2.75, 3.05) is 0 Å². The molecule has 7 heteroatoms. The average Bonchev–Trinajstić information content (AvgIpc) is 3.09. The van der Waals surface area contributed by atoms with Crippen molar-refractivity contribution in [3.8, 4) is 5.69 Å². The number of aromatic nitrogens is 5. The topological polar surface area (TPSA) is 85.6 Å². The molecule has 0 unspecified atom stereocenters. The lowest BCUT2D eigenvalue weighted by Crippen LogP contribution is -2.27. The van der Waals surface area contributed by atoms with Crippen LogP contribution in [0, 0.1) is 13.8 Å². The van der Waals surface area contributed by atoms with Crippen molar-refractivity contribution in [3.63, 3.8) is 0 Å². The van der Waals surface area contributed by atoms with E-state index in [4.69, 9.17) is 0 Å². The molecule has 0 aliphatic heterocycles. The van der Waals surface area contributed by atoms with Crippen molar-refractivity contribution in [2.45, 2.75) is 26.8 Å². The van der Waals surface area contributed by atoms with Crippen LogP contribution < -0.4 is 5.32 Å². The third-order valence-corrected chi connectivity index (χ3v) is 3.77. The molecule has 2 aromatic heterocycles. The minimum atomic E-state index is -0.180. The number of aryl methyl sites for hydroxylation is 2. The van der Waals surface area contributed by atoms with Gasteiger partial charge in [-0.25, -0.2) is 19.6 Å². The van der Waals surface area contributed by atoms with E-state index in [1.54, 1.807) is 31.1 Å². The van der Waals surface area contributed by atoms with Crippen LogP contribution >= 0.6 is 0 Å². The van der Waals surface area contributed by atoms with Crippen molar-refractivity contribution >= 4 is 5.91 Å². The van der Waals surface area contributed by atoms with Crippen LogP contribution in [0.1, 0.15) is 40.4 Å². The highest BCUT2D eigenvalue weighted by Gasteiger charge is 2.15. The van der Waals surface area contributed by atoms with Crippen LogP contribution in [0.5, 0.6) is 0 Å². The van der Waals surface area contributed by atoms with Gasteiger partial charge in [0.1, 0.15) is 18.5 Å². The quantitative estimate of drug-likeness (QED) is 0.795. The largest absolute Gasteiger partial charge is 0.345 e. The minimum absolute atomic E-state index is 0.136. The highest BCUT2D eigenvalue weighted by Crippen LogP contribution is 2.16. The van der Waals surface area contributed by atoms with Crippen LogP contribution in [-0.4, -0.2) is 30.6 Å². The van der Waals surface area contributed by atoms with E-state index in [1.165, 1.54) is 6.33 Å². The lowest BCUT2D eigenvalue weighted by molar-refractivity contribution is 0.0938. The van der Waals surface area contributed by atoms with Gasteiger partial charge >= 0.3 is 0 Å². The molecule has 0 saturated carbocycles. The van der Waals surface area contributed by atoms with Gasteiger partial charge in [0.15, 0.2) is 0 Å². The fourth-order valence-electron chi connectivity index (χ4n) is 2.42. The Labute approximate surface area is 139 Å². The summed E-state index contributed by atoms with van der Waals surface area (Å²) in [6.07, 6.45) is 4.69. The highest BCUT2D eigenvalue weighted by molar-refractivity contribution is 5.95. The number of rotatable bonds is 4. The smallest absolute Gasteiger partial charge is 0.255 e. The SMILES string of the molecule is Cc1ncc(C(=O)N[C@@H](C)c2ccc(-n3cncn3)cc2)c(C)n1. The number of nitrogens with zero attached hydrogens (tertiary/aromatic N) is 5. The van der Waals surface area contributed by atoms with E-state index in [2.05, 4.69) is 25.4 Å². The molecule has 1 N–H and O–H groups in total. The van der Waals surface area contributed by atoms with E-state index in [0.717, 1.165) is 11.3 Å². The lowest BCUT2D eigenvalue weighted by Gasteiger charge is -2.15. The Balaban J connectivity index is 1.72. The zero-order valence-electron chi connectivity index (χ0n) is 13.8. The van der Waals surface area contributed by atoms with Gasteiger partial charge in [0, 0.05) is 6.20 Å². The van der Waals surface area contributed by atoms with Gasteiger partial charge in [-0.1, -0.05) is 12.1 Å². The molecule has 0 fully saturated rings. The number of hydrogen-bond acceptors (Lipinski definition) is 5. The number of carbonyl (C=O) groups excluding carboxylic acids is 1. The van der Waals surface area contributed by atoms with Crippen LogP contribution in [0.25, 0.3) is 5.69 Å². The lowest BCUT2D eigenvalue weighted by atomic mass is 10.1. The molecular weight excluding hydrogens is 304 g/mol. The van der Waals surface area contributed by atoms with Crippen molar-refractivity contribution in [1.82, 2.24) is 30.0 Å². The second kappa shape index (κ2) is 6.57. The van der Waals surface area contributed by atoms with E-state index in [9.17, 15) is 4.79 Å². The first kappa shape index (κ1) is 15.8. The normalized spacial score (nSPS) is 12.0. The molecule has 122 valence electrons. The van der Waals surface area contributed by atoms with Crippen molar-refractivity contribution in [3.05, 3.63) is 65.8 Å². The van der Waals surface area contributed by atoms with Gasteiger partial charge in [0.2, 0.25) is 0 Å². The summed E-state index contributed by atoms with van der Waals surface area (Å²) in [5, 5.41) is 7.06. The summed E-state index contributed by atoms with van der Waals surface area (Å²) in [4.78, 5) is 24.6. The van der Waals surface area contributed by atoms with Crippen molar-refractivity contribution in [2.24, 2.45) is 0 Å². The molecule has 0 radical (unpaired) electrons. The molecule has 3 rings (SSSR count). The first-order chi connectivity index (χ1) is 11.5. The van der Waals surface area contributed by atoms with Gasteiger partial charge in [-0.15, -0.1) is 0 Å². The Kier molecular flexibility index (Phi) is 4.33. The zero-order chi connectivity index (χ0) is 17.1. The molecule has 0 aliphatic rings. The number of nitrogens with one attached hydrogen (secondary N) is 1. The number of amides is 1. The second-order valence-electron chi connectivity index (χ2n) is 5.54. The summed E-state index contributed by atoms with van der Waals surface area (Å²) >= 11 is 0. The molecule has 24 heavy (non-hydrogen) atoms. The summed E-state index contributed by atoms with van der Waals surface area (Å²) in [6, 6.07) is 7.66. The summed E-state index contributed by atoms with van der Waals surface area (Å²) in [5.74, 6) is 0.473. The Morgan fingerprint density at radius 3 is 2.58 bits per heavy atom. The third kappa shape index (κ3) is 3.29. The monoisotopic (exact) mass is 322 g/mol. The van der Waals surface area contributed by atoms with E-state index in [1.807, 2.05) is 31.2 Å². The Morgan fingerprint density at radius 2 is 1.96 bits per heavy atom. The third-order valence-electron chi connectivity index (χ3n) is 3.77. The highest BCUT2D eigenvalue weighted by atomic mass is 16.1. The van der Waals surface area contributed by atoms with Crippen LogP contribution in [0.2, 0.25) is 0 Å². The summed E-state index contributed by atoms with van der Waals surface area (Å²) in [6.45, 7) is 5.54. The predicted molar refractivity (Wildman–Crippen MR) is 88.7 cm³/mol. The maximum atomic E-state index is 12.4. The summed E-state index contributed by atoms with van der Waals surface area (Å²) < 4.78 is 1.68. The van der Waals surface area contributed by atoms with Crippen LogP contribution in [-0.2, 0) is 0 Å². The molecule has 3 aromatic rings. The summed E-state index contributed by atoms with van der Waals surface area (Å²) in [5.41, 5.74) is 3.08. The average molecular weight is 322 g/mol. The van der Waals surface area contributed by atoms with Crippen LogP contribution in [0.15, 0.2) is 43.1 Å². The molecule has 1 amide bonds. The maximum Gasteiger partial charge on any atom is 0.255 e. The van der Waals surface area contributed by atoms with Gasteiger partial charge in [0.25, 0.3) is 5.91 Å². The number of benzene rings is 1. The second-order valence-corrected chi connectivity index (χ2v) is 5.54. The molecule has 2 heterocycles. The molecule has 0 bridgehead atoms. The van der Waals surface area contributed by atoms with Crippen LogP contribution in [0.4, 0.5) is 0 Å². The van der Waals surface area contributed by atoms with Crippen molar-refractivity contribution in [1.29, 1.82) is 0 Å². The molecule has 1 aromatic carbocycles. The van der Waals surface area contributed by atoms with Gasteiger partial charge in [-0.3, -0.25) is 4.79 Å². The fourth-order valence-corrected chi connectivity index (χ4v) is 2.42. The predicted octanol–water partition coefficient (Wildman–Crippen LogP) is 2.17. The molecule has 1 atom stereocenters. The van der Waals surface area contributed by atoms with E-state index in [-0.39, 0.29) is 11.9 Å². The van der Waals surface area contributed by atoms with Gasteiger partial charge in [0.05, 0.1) is 23.0 Å². The number of hydrogen-bond donors (Lipinski definition) is 1. The van der Waals surface area contributed by atoms with E-state index < -0.39 is 0 Å².